The van der Waals surface area contributed by atoms with E-state index in [9.17, 15) is 0 Å². The first-order valence-electron chi connectivity index (χ1n) is 15.8. The van der Waals surface area contributed by atoms with Crippen LogP contribution in [0, 0.1) is 0 Å². The molecule has 0 unspecified atom stereocenters. The number of nitrogens with zero attached hydrogens (tertiary/aromatic N) is 4. The van der Waals surface area contributed by atoms with Crippen molar-refractivity contribution in [2.24, 2.45) is 0 Å². The minimum atomic E-state index is 0.643. The normalized spacial score (nSPS) is 11.4. The van der Waals surface area contributed by atoms with Crippen LogP contribution in [0.5, 0.6) is 0 Å². The lowest BCUT2D eigenvalue weighted by atomic mass is 10.0. The highest BCUT2D eigenvalue weighted by molar-refractivity contribution is 6.14. The van der Waals surface area contributed by atoms with Gasteiger partial charge in [-0.05, 0) is 70.4 Å². The molecule has 220 valence electrons. The van der Waals surface area contributed by atoms with Crippen molar-refractivity contribution < 1.29 is 0 Å². The van der Waals surface area contributed by atoms with Gasteiger partial charge in [-0.25, -0.2) is 15.0 Å². The van der Waals surface area contributed by atoms with Gasteiger partial charge in [-0.1, -0.05) is 121 Å². The molecule has 0 saturated carbocycles. The van der Waals surface area contributed by atoms with Gasteiger partial charge in [0.05, 0.1) is 11.0 Å². The summed E-state index contributed by atoms with van der Waals surface area (Å²) in [6.07, 6.45) is 0. The number of rotatable bonds is 5. The van der Waals surface area contributed by atoms with Crippen molar-refractivity contribution in [1.82, 2.24) is 19.5 Å². The zero-order valence-corrected chi connectivity index (χ0v) is 25.5. The molecule has 0 aliphatic carbocycles. The van der Waals surface area contributed by atoms with E-state index in [1.807, 2.05) is 60.7 Å². The van der Waals surface area contributed by atoms with Crippen LogP contribution in [0.1, 0.15) is 0 Å². The lowest BCUT2D eigenvalue weighted by Crippen LogP contribution is -2.00. The molecule has 2 aromatic heterocycles. The van der Waals surface area contributed by atoms with Crippen LogP contribution in [0.2, 0.25) is 0 Å². The molecule has 47 heavy (non-hydrogen) atoms. The van der Waals surface area contributed by atoms with Gasteiger partial charge in [-0.3, -0.25) is 0 Å². The lowest BCUT2D eigenvalue weighted by molar-refractivity contribution is 1.07. The third kappa shape index (κ3) is 4.84. The Hall–Kier alpha value is -6.39. The Morgan fingerprint density at radius 1 is 0.319 bits per heavy atom. The first-order chi connectivity index (χ1) is 23.3. The fourth-order valence-corrected chi connectivity index (χ4v) is 6.49. The zero-order valence-electron chi connectivity index (χ0n) is 25.5. The molecule has 9 rings (SSSR count). The van der Waals surface area contributed by atoms with Gasteiger partial charge in [0.2, 0.25) is 0 Å². The minimum absolute atomic E-state index is 0.643. The molecule has 9 aromatic rings. The van der Waals surface area contributed by atoms with E-state index in [1.165, 1.54) is 43.7 Å². The van der Waals surface area contributed by atoms with Crippen molar-refractivity contribution in [2.45, 2.75) is 0 Å². The van der Waals surface area contributed by atoms with Crippen LogP contribution in [-0.2, 0) is 0 Å². The van der Waals surface area contributed by atoms with E-state index in [4.69, 9.17) is 15.0 Å². The first kappa shape index (κ1) is 27.0. The van der Waals surface area contributed by atoms with Gasteiger partial charge in [0.15, 0.2) is 17.5 Å². The number of hydrogen-bond acceptors (Lipinski definition) is 3. The molecule has 0 radical (unpaired) electrons. The molecule has 0 atom stereocenters. The Morgan fingerprint density at radius 2 is 0.766 bits per heavy atom. The summed E-state index contributed by atoms with van der Waals surface area (Å²) in [5, 5.41) is 4.92. The third-order valence-electron chi connectivity index (χ3n) is 8.82. The molecule has 0 aliphatic heterocycles. The maximum atomic E-state index is 4.94. The summed E-state index contributed by atoms with van der Waals surface area (Å²) in [6, 6.07) is 59.4. The van der Waals surface area contributed by atoms with Crippen LogP contribution < -0.4 is 0 Å². The average molecular weight is 601 g/mol. The highest BCUT2D eigenvalue weighted by Gasteiger charge is 2.16. The van der Waals surface area contributed by atoms with Crippen LogP contribution in [0.15, 0.2) is 170 Å². The summed E-state index contributed by atoms with van der Waals surface area (Å²) in [5.41, 5.74) is 8.69. The SMILES string of the molecule is c1ccc(-c2ccc3c(c2)c2cc4ccccc4cc2n3-c2ccc(-c3nc(-c4ccccc4)nc(-c4ccccc4)n3)cc2)cc1. The van der Waals surface area contributed by atoms with Crippen LogP contribution in [0.25, 0.3) is 83.6 Å². The van der Waals surface area contributed by atoms with Gasteiger partial charge in [-0.15, -0.1) is 0 Å². The largest absolute Gasteiger partial charge is 0.309 e. The van der Waals surface area contributed by atoms with Crippen molar-refractivity contribution in [3.05, 3.63) is 170 Å². The molecule has 0 fully saturated rings. The maximum absolute atomic E-state index is 4.94. The zero-order chi connectivity index (χ0) is 31.2. The van der Waals surface area contributed by atoms with Crippen LogP contribution in [0.3, 0.4) is 0 Å². The predicted molar refractivity (Wildman–Crippen MR) is 193 cm³/mol. The Bertz CT molecular complexity index is 2480. The van der Waals surface area contributed by atoms with Gasteiger partial charge in [-0.2, -0.15) is 0 Å². The Labute approximate surface area is 272 Å². The molecule has 7 aromatic carbocycles. The van der Waals surface area contributed by atoms with Crippen molar-refractivity contribution in [3.63, 3.8) is 0 Å². The summed E-state index contributed by atoms with van der Waals surface area (Å²) in [4.78, 5) is 14.7. The minimum Gasteiger partial charge on any atom is -0.309 e. The second kappa shape index (κ2) is 11.2. The number of fused-ring (bicyclic) bond motifs is 4. The van der Waals surface area contributed by atoms with Gasteiger partial charge in [0, 0.05) is 33.2 Å². The monoisotopic (exact) mass is 600 g/mol. The van der Waals surface area contributed by atoms with E-state index in [1.54, 1.807) is 0 Å². The first-order valence-corrected chi connectivity index (χ1v) is 15.8. The number of aromatic nitrogens is 4. The van der Waals surface area contributed by atoms with Gasteiger partial charge < -0.3 is 4.57 Å². The molecular formula is C43H28N4. The van der Waals surface area contributed by atoms with E-state index in [2.05, 4.69) is 114 Å². The molecule has 0 spiro atoms. The summed E-state index contributed by atoms with van der Waals surface area (Å²) in [7, 11) is 0. The van der Waals surface area contributed by atoms with Crippen LogP contribution in [-0.4, -0.2) is 19.5 Å². The van der Waals surface area contributed by atoms with Crippen molar-refractivity contribution in [3.8, 4) is 51.0 Å². The highest BCUT2D eigenvalue weighted by Crippen LogP contribution is 2.37. The van der Waals surface area contributed by atoms with Gasteiger partial charge in [0.1, 0.15) is 0 Å². The Kier molecular flexibility index (Phi) is 6.43. The van der Waals surface area contributed by atoms with E-state index >= 15 is 0 Å². The molecule has 0 N–H and O–H groups in total. The van der Waals surface area contributed by atoms with E-state index < -0.39 is 0 Å². The van der Waals surface area contributed by atoms with E-state index in [0.717, 1.165) is 22.4 Å². The van der Waals surface area contributed by atoms with Crippen molar-refractivity contribution in [1.29, 1.82) is 0 Å². The Balaban J connectivity index is 1.21. The summed E-state index contributed by atoms with van der Waals surface area (Å²) < 4.78 is 2.37. The molecule has 2 heterocycles. The lowest BCUT2D eigenvalue weighted by Gasteiger charge is -2.11. The van der Waals surface area contributed by atoms with Crippen LogP contribution in [0.4, 0.5) is 0 Å². The average Bonchev–Trinajstić information content (AvgIpc) is 3.47. The fraction of sp³-hybridized carbons (Fsp3) is 0. The van der Waals surface area contributed by atoms with E-state index in [0.29, 0.717) is 17.5 Å². The van der Waals surface area contributed by atoms with Gasteiger partial charge in [0.25, 0.3) is 0 Å². The smallest absolute Gasteiger partial charge is 0.164 e. The molecule has 0 amide bonds. The van der Waals surface area contributed by atoms with Crippen molar-refractivity contribution in [2.75, 3.05) is 0 Å². The molecular weight excluding hydrogens is 573 g/mol. The summed E-state index contributed by atoms with van der Waals surface area (Å²) >= 11 is 0. The predicted octanol–water partition coefficient (Wildman–Crippen LogP) is 10.8. The summed E-state index contributed by atoms with van der Waals surface area (Å²) in [5.74, 6) is 1.95. The van der Waals surface area contributed by atoms with Crippen LogP contribution >= 0.6 is 0 Å². The number of benzene rings is 7. The second-order valence-electron chi connectivity index (χ2n) is 11.7. The second-order valence-corrected chi connectivity index (χ2v) is 11.7. The molecule has 4 nitrogen and oxygen atoms in total. The summed E-state index contributed by atoms with van der Waals surface area (Å²) in [6.45, 7) is 0. The standard InChI is InChI=1S/C43H28N4/c1-4-12-29(13-5-1)35-22-25-39-37(27-35)38-26-33-18-10-11-19-34(33)28-40(38)47(39)36-23-20-32(21-24-36)43-45-41(30-14-6-2-7-15-30)44-42(46-43)31-16-8-3-9-17-31/h1-28H. The molecule has 4 heteroatoms. The molecule has 0 bridgehead atoms. The number of hydrogen-bond donors (Lipinski definition) is 0. The highest BCUT2D eigenvalue weighted by atomic mass is 15.0. The van der Waals surface area contributed by atoms with Crippen molar-refractivity contribution >= 4 is 32.6 Å². The fourth-order valence-electron chi connectivity index (χ4n) is 6.49. The maximum Gasteiger partial charge on any atom is 0.164 e. The molecule has 0 aliphatic rings. The van der Waals surface area contributed by atoms with E-state index in [-0.39, 0.29) is 0 Å². The quantitative estimate of drug-likeness (QED) is 0.197. The molecule has 0 saturated heterocycles. The van der Waals surface area contributed by atoms with Gasteiger partial charge >= 0.3 is 0 Å². The Morgan fingerprint density at radius 3 is 1.34 bits per heavy atom. The topological polar surface area (TPSA) is 43.6 Å². The third-order valence-corrected chi connectivity index (χ3v) is 8.82.